The largest absolute Gasteiger partial charge is 0.387 e. The first-order chi connectivity index (χ1) is 9.86. The molecule has 0 unspecified atom stereocenters. The number of hydrogen-bond donors (Lipinski definition) is 1. The van der Waals surface area contributed by atoms with Crippen molar-refractivity contribution in [1.29, 1.82) is 0 Å². The summed E-state index contributed by atoms with van der Waals surface area (Å²) in [7, 11) is 1.98. The SMILES string of the molecule is C[C@@H](O)C1(c2cc3ccccc3n2C)OCC(C)(C)CO1. The van der Waals surface area contributed by atoms with Gasteiger partial charge < -0.3 is 19.1 Å². The van der Waals surface area contributed by atoms with Crippen LogP contribution in [0, 0.1) is 5.41 Å². The van der Waals surface area contributed by atoms with E-state index in [1.165, 1.54) is 0 Å². The van der Waals surface area contributed by atoms with Crippen molar-refractivity contribution in [3.63, 3.8) is 0 Å². The summed E-state index contributed by atoms with van der Waals surface area (Å²) in [5, 5.41) is 11.5. The standard InChI is InChI=1S/C17H23NO3/c1-12(19)17(20-10-16(2,3)11-21-17)15-9-13-7-5-6-8-14(13)18(15)4/h5-9,12,19H,10-11H2,1-4H3/t12-/m1/s1. The maximum absolute atomic E-state index is 10.3. The summed E-state index contributed by atoms with van der Waals surface area (Å²) in [6.45, 7) is 7.02. The van der Waals surface area contributed by atoms with Gasteiger partial charge in [-0.2, -0.15) is 0 Å². The van der Waals surface area contributed by atoms with Crippen LogP contribution >= 0.6 is 0 Å². The van der Waals surface area contributed by atoms with Crippen LogP contribution in [0.15, 0.2) is 30.3 Å². The molecule has 21 heavy (non-hydrogen) atoms. The molecule has 1 aromatic heterocycles. The van der Waals surface area contributed by atoms with Crippen LogP contribution in [0.5, 0.6) is 0 Å². The summed E-state index contributed by atoms with van der Waals surface area (Å²) in [5.41, 5.74) is 1.92. The molecule has 0 aliphatic carbocycles. The Morgan fingerprint density at radius 2 is 1.81 bits per heavy atom. The molecule has 1 atom stereocenters. The highest BCUT2D eigenvalue weighted by Gasteiger charge is 2.47. The third-order valence-corrected chi connectivity index (χ3v) is 4.21. The molecule has 0 saturated carbocycles. The lowest BCUT2D eigenvalue weighted by Gasteiger charge is -2.45. The van der Waals surface area contributed by atoms with Gasteiger partial charge in [0.2, 0.25) is 5.79 Å². The highest BCUT2D eigenvalue weighted by Crippen LogP contribution is 2.40. The van der Waals surface area contributed by atoms with Crippen molar-refractivity contribution in [2.75, 3.05) is 13.2 Å². The Hall–Kier alpha value is -1.36. The van der Waals surface area contributed by atoms with E-state index in [-0.39, 0.29) is 5.41 Å². The third-order valence-electron chi connectivity index (χ3n) is 4.21. The second-order valence-corrected chi connectivity index (χ2v) is 6.73. The van der Waals surface area contributed by atoms with E-state index in [2.05, 4.69) is 26.0 Å². The lowest BCUT2D eigenvalue weighted by molar-refractivity contribution is -0.342. The zero-order chi connectivity index (χ0) is 15.3. The Morgan fingerprint density at radius 3 is 2.38 bits per heavy atom. The molecule has 0 radical (unpaired) electrons. The molecule has 2 aromatic rings. The summed E-state index contributed by atoms with van der Waals surface area (Å²) in [6.07, 6.45) is -0.753. The van der Waals surface area contributed by atoms with E-state index in [0.717, 1.165) is 16.6 Å². The average Bonchev–Trinajstić information content (AvgIpc) is 2.77. The molecule has 1 N–H and O–H groups in total. The van der Waals surface area contributed by atoms with Crippen LogP contribution in [-0.2, 0) is 22.3 Å². The van der Waals surface area contributed by atoms with Crippen molar-refractivity contribution in [2.24, 2.45) is 12.5 Å². The fraction of sp³-hybridized carbons (Fsp3) is 0.529. The molecular weight excluding hydrogens is 266 g/mol. The number of aromatic nitrogens is 1. The van der Waals surface area contributed by atoms with Gasteiger partial charge in [-0.3, -0.25) is 0 Å². The molecule has 0 bridgehead atoms. The number of nitrogens with zero attached hydrogens (tertiary/aromatic N) is 1. The van der Waals surface area contributed by atoms with Crippen molar-refractivity contribution < 1.29 is 14.6 Å². The summed E-state index contributed by atoms with van der Waals surface area (Å²) < 4.78 is 14.1. The van der Waals surface area contributed by atoms with Crippen molar-refractivity contribution in [2.45, 2.75) is 32.7 Å². The normalized spacial score (nSPS) is 22.3. The van der Waals surface area contributed by atoms with Gasteiger partial charge in [0.1, 0.15) is 6.10 Å². The van der Waals surface area contributed by atoms with Gasteiger partial charge in [0, 0.05) is 23.4 Å². The molecular formula is C17H23NO3. The molecule has 2 heterocycles. The molecule has 1 saturated heterocycles. The average molecular weight is 289 g/mol. The van der Waals surface area contributed by atoms with Gasteiger partial charge in [0.05, 0.1) is 18.9 Å². The summed E-state index contributed by atoms with van der Waals surface area (Å²) >= 11 is 0. The van der Waals surface area contributed by atoms with Crippen molar-refractivity contribution in [1.82, 2.24) is 4.57 Å². The second-order valence-electron chi connectivity index (χ2n) is 6.73. The van der Waals surface area contributed by atoms with Gasteiger partial charge in [0.15, 0.2) is 0 Å². The van der Waals surface area contributed by atoms with E-state index < -0.39 is 11.9 Å². The number of rotatable bonds is 2. The summed E-state index contributed by atoms with van der Waals surface area (Å²) in [6, 6.07) is 10.2. The fourth-order valence-corrected chi connectivity index (χ4v) is 2.91. The highest BCUT2D eigenvalue weighted by molar-refractivity contribution is 5.81. The maximum atomic E-state index is 10.3. The predicted octanol–water partition coefficient (Wildman–Crippen LogP) is 2.78. The zero-order valence-electron chi connectivity index (χ0n) is 13.1. The Morgan fingerprint density at radius 1 is 1.19 bits per heavy atom. The Bertz CT molecular complexity index is 647. The van der Waals surface area contributed by atoms with E-state index >= 15 is 0 Å². The number of aryl methyl sites for hydroxylation is 1. The number of aliphatic hydroxyl groups is 1. The van der Waals surface area contributed by atoms with Crippen molar-refractivity contribution >= 4 is 10.9 Å². The molecule has 0 amide bonds. The first-order valence-electron chi connectivity index (χ1n) is 7.37. The van der Waals surface area contributed by atoms with Crippen LogP contribution in [-0.4, -0.2) is 29.0 Å². The molecule has 1 fully saturated rings. The second kappa shape index (κ2) is 4.83. The predicted molar refractivity (Wildman–Crippen MR) is 82.0 cm³/mol. The third kappa shape index (κ3) is 2.27. The number of ether oxygens (including phenoxy) is 2. The highest BCUT2D eigenvalue weighted by atomic mass is 16.7. The number of aliphatic hydroxyl groups excluding tert-OH is 1. The molecule has 4 nitrogen and oxygen atoms in total. The molecule has 1 aromatic carbocycles. The molecule has 0 spiro atoms. The van der Waals surface area contributed by atoms with Gasteiger partial charge in [-0.25, -0.2) is 0 Å². The number of para-hydroxylation sites is 1. The Kier molecular flexibility index (Phi) is 3.35. The zero-order valence-corrected chi connectivity index (χ0v) is 13.1. The van der Waals surface area contributed by atoms with E-state index in [0.29, 0.717) is 13.2 Å². The molecule has 4 heteroatoms. The van der Waals surface area contributed by atoms with Crippen LogP contribution in [0.1, 0.15) is 26.5 Å². The molecule has 114 valence electrons. The van der Waals surface area contributed by atoms with Crippen LogP contribution in [0.3, 0.4) is 0 Å². The minimum atomic E-state index is -1.09. The van der Waals surface area contributed by atoms with Crippen molar-refractivity contribution in [3.8, 4) is 0 Å². The smallest absolute Gasteiger partial charge is 0.237 e. The van der Waals surface area contributed by atoms with E-state index in [9.17, 15) is 5.11 Å². The molecule has 3 rings (SSSR count). The Labute approximate surface area is 125 Å². The van der Waals surface area contributed by atoms with Crippen LogP contribution in [0.2, 0.25) is 0 Å². The van der Waals surface area contributed by atoms with Gasteiger partial charge in [-0.15, -0.1) is 0 Å². The lowest BCUT2D eigenvalue weighted by atomic mass is 9.93. The van der Waals surface area contributed by atoms with E-state index in [4.69, 9.17) is 9.47 Å². The fourth-order valence-electron chi connectivity index (χ4n) is 2.91. The van der Waals surface area contributed by atoms with Gasteiger partial charge in [-0.1, -0.05) is 32.0 Å². The van der Waals surface area contributed by atoms with Gasteiger partial charge in [-0.05, 0) is 19.1 Å². The quantitative estimate of drug-likeness (QED) is 0.924. The van der Waals surface area contributed by atoms with Crippen molar-refractivity contribution in [3.05, 3.63) is 36.0 Å². The summed E-state index contributed by atoms with van der Waals surface area (Å²) in [5.74, 6) is -1.09. The monoisotopic (exact) mass is 289 g/mol. The first kappa shape index (κ1) is 14.6. The number of benzene rings is 1. The minimum Gasteiger partial charge on any atom is -0.387 e. The minimum absolute atomic E-state index is 0.0387. The van der Waals surface area contributed by atoms with E-state index in [1.54, 1.807) is 6.92 Å². The van der Waals surface area contributed by atoms with Gasteiger partial charge in [0.25, 0.3) is 0 Å². The number of fused-ring (bicyclic) bond motifs is 1. The summed E-state index contributed by atoms with van der Waals surface area (Å²) in [4.78, 5) is 0. The van der Waals surface area contributed by atoms with Crippen LogP contribution in [0.25, 0.3) is 10.9 Å². The van der Waals surface area contributed by atoms with Crippen LogP contribution < -0.4 is 0 Å². The van der Waals surface area contributed by atoms with Crippen LogP contribution in [0.4, 0.5) is 0 Å². The molecule has 1 aliphatic rings. The van der Waals surface area contributed by atoms with Gasteiger partial charge >= 0.3 is 0 Å². The van der Waals surface area contributed by atoms with E-state index in [1.807, 2.05) is 29.8 Å². The topological polar surface area (TPSA) is 43.6 Å². The first-order valence-corrected chi connectivity index (χ1v) is 7.37. The lowest BCUT2D eigenvalue weighted by Crippen LogP contribution is -2.52. The maximum Gasteiger partial charge on any atom is 0.237 e. The Balaban J connectivity index is 2.10. The molecule has 1 aliphatic heterocycles. The number of hydrogen-bond acceptors (Lipinski definition) is 3.